The topological polar surface area (TPSA) is 17.1 Å². The number of hydrogen-bond acceptors (Lipinski definition) is 3. The number of fused-ring (bicyclic) bond motifs is 1. The molecule has 2 aromatic heterocycles. The third-order valence-electron chi connectivity index (χ3n) is 1.55. The monoisotopic (exact) mass is 182 g/mol. The number of rotatable bonds is 1. The SMILES string of the molecule is Cc1cc2c(C=O)csc2s1. The van der Waals surface area contributed by atoms with Gasteiger partial charge in [-0.25, -0.2) is 0 Å². The Labute approximate surface area is 72.3 Å². The number of thiophene rings is 2. The van der Waals surface area contributed by atoms with E-state index in [0.29, 0.717) is 0 Å². The summed E-state index contributed by atoms with van der Waals surface area (Å²) in [7, 11) is 0. The highest BCUT2D eigenvalue weighted by Crippen LogP contribution is 2.32. The van der Waals surface area contributed by atoms with Crippen LogP contribution in [0.25, 0.3) is 9.40 Å². The molecule has 0 saturated carbocycles. The van der Waals surface area contributed by atoms with Crippen molar-refractivity contribution in [1.82, 2.24) is 0 Å². The standard InChI is InChI=1S/C8H6OS2/c1-5-2-7-6(3-9)4-10-8(7)11-5/h2-4H,1H3. The van der Waals surface area contributed by atoms with Crippen LogP contribution in [0.15, 0.2) is 11.4 Å². The van der Waals surface area contributed by atoms with Gasteiger partial charge in [0.15, 0.2) is 6.29 Å². The molecule has 2 aromatic rings. The van der Waals surface area contributed by atoms with Crippen LogP contribution in [0.4, 0.5) is 0 Å². The fraction of sp³-hybridized carbons (Fsp3) is 0.125. The van der Waals surface area contributed by atoms with Gasteiger partial charge in [0.05, 0.1) is 4.01 Å². The highest BCUT2D eigenvalue weighted by atomic mass is 32.2. The highest BCUT2D eigenvalue weighted by molar-refractivity contribution is 7.37. The van der Waals surface area contributed by atoms with E-state index in [2.05, 4.69) is 13.0 Å². The summed E-state index contributed by atoms with van der Waals surface area (Å²) >= 11 is 3.39. The summed E-state index contributed by atoms with van der Waals surface area (Å²) in [6, 6.07) is 2.07. The third-order valence-corrected chi connectivity index (χ3v) is 3.74. The van der Waals surface area contributed by atoms with E-state index >= 15 is 0 Å². The number of aldehydes is 1. The van der Waals surface area contributed by atoms with Crippen molar-refractivity contribution in [3.05, 3.63) is 21.9 Å². The lowest BCUT2D eigenvalue weighted by atomic mass is 10.2. The smallest absolute Gasteiger partial charge is 0.151 e. The third kappa shape index (κ3) is 1.01. The van der Waals surface area contributed by atoms with Gasteiger partial charge in [-0.3, -0.25) is 4.79 Å². The number of carbonyl (C=O) groups excluding carboxylic acids is 1. The van der Waals surface area contributed by atoms with E-state index < -0.39 is 0 Å². The second-order valence-corrected chi connectivity index (χ2v) is 4.76. The van der Waals surface area contributed by atoms with E-state index in [4.69, 9.17) is 0 Å². The predicted octanol–water partition coefficient (Wildman–Crippen LogP) is 3.08. The summed E-state index contributed by atoms with van der Waals surface area (Å²) in [5, 5.41) is 3.03. The molecule has 0 amide bonds. The normalized spacial score (nSPS) is 10.6. The molecule has 0 radical (unpaired) electrons. The lowest BCUT2D eigenvalue weighted by Crippen LogP contribution is -1.69. The first-order chi connectivity index (χ1) is 5.31. The highest BCUT2D eigenvalue weighted by Gasteiger charge is 2.04. The number of hydrogen-bond donors (Lipinski definition) is 0. The molecule has 2 heterocycles. The predicted molar refractivity (Wildman–Crippen MR) is 49.8 cm³/mol. The molecule has 0 aliphatic carbocycles. The molecule has 0 saturated heterocycles. The zero-order valence-corrected chi connectivity index (χ0v) is 7.59. The van der Waals surface area contributed by atoms with Crippen LogP contribution in [0, 0.1) is 6.92 Å². The van der Waals surface area contributed by atoms with Crippen molar-refractivity contribution in [2.24, 2.45) is 0 Å². The van der Waals surface area contributed by atoms with E-state index in [1.807, 2.05) is 5.38 Å². The molecular formula is C8H6OS2. The summed E-state index contributed by atoms with van der Waals surface area (Å²) in [6.45, 7) is 2.06. The maximum atomic E-state index is 10.5. The van der Waals surface area contributed by atoms with Gasteiger partial charge in [0.25, 0.3) is 0 Å². The molecule has 0 bridgehead atoms. The Morgan fingerprint density at radius 2 is 2.36 bits per heavy atom. The van der Waals surface area contributed by atoms with Crippen molar-refractivity contribution < 1.29 is 4.79 Å². The Balaban J connectivity index is 2.83. The van der Waals surface area contributed by atoms with Gasteiger partial charge in [0, 0.05) is 21.2 Å². The summed E-state index contributed by atoms with van der Waals surface area (Å²) in [5.41, 5.74) is 0.828. The summed E-state index contributed by atoms with van der Waals surface area (Å²) in [6.07, 6.45) is 0.922. The van der Waals surface area contributed by atoms with Crippen molar-refractivity contribution >= 4 is 38.4 Å². The zero-order valence-electron chi connectivity index (χ0n) is 5.96. The molecule has 0 N–H and O–H groups in total. The van der Waals surface area contributed by atoms with Gasteiger partial charge in [-0.05, 0) is 13.0 Å². The van der Waals surface area contributed by atoms with Crippen LogP contribution >= 0.6 is 22.7 Å². The van der Waals surface area contributed by atoms with Crippen molar-refractivity contribution in [1.29, 1.82) is 0 Å². The summed E-state index contributed by atoms with van der Waals surface area (Å²) < 4.78 is 1.25. The fourth-order valence-electron chi connectivity index (χ4n) is 1.05. The maximum absolute atomic E-state index is 10.5. The Hall–Kier alpha value is -0.670. The van der Waals surface area contributed by atoms with Crippen LogP contribution in [0.5, 0.6) is 0 Å². The molecular weight excluding hydrogens is 176 g/mol. The van der Waals surface area contributed by atoms with Crippen LogP contribution in [0.3, 0.4) is 0 Å². The van der Waals surface area contributed by atoms with Gasteiger partial charge in [0.1, 0.15) is 0 Å². The van der Waals surface area contributed by atoms with Crippen molar-refractivity contribution in [2.75, 3.05) is 0 Å². The minimum absolute atomic E-state index is 0.828. The largest absolute Gasteiger partial charge is 0.298 e. The van der Waals surface area contributed by atoms with E-state index in [0.717, 1.165) is 17.2 Å². The average Bonchev–Trinajstić information content (AvgIpc) is 2.45. The number of aryl methyl sites for hydroxylation is 1. The first kappa shape index (κ1) is 7.00. The van der Waals surface area contributed by atoms with E-state index in [1.54, 1.807) is 22.7 Å². The quantitative estimate of drug-likeness (QED) is 0.619. The van der Waals surface area contributed by atoms with E-state index in [9.17, 15) is 4.79 Å². The van der Waals surface area contributed by atoms with Gasteiger partial charge in [-0.15, -0.1) is 22.7 Å². The Morgan fingerprint density at radius 3 is 3.09 bits per heavy atom. The zero-order chi connectivity index (χ0) is 7.84. The molecule has 56 valence electrons. The van der Waals surface area contributed by atoms with E-state index in [-0.39, 0.29) is 0 Å². The van der Waals surface area contributed by atoms with Crippen molar-refractivity contribution in [2.45, 2.75) is 6.92 Å². The first-order valence-electron chi connectivity index (χ1n) is 3.24. The molecule has 0 fully saturated rings. The van der Waals surface area contributed by atoms with Gasteiger partial charge < -0.3 is 0 Å². The average molecular weight is 182 g/mol. The minimum atomic E-state index is 0.828. The molecule has 3 heteroatoms. The molecule has 2 rings (SSSR count). The lowest BCUT2D eigenvalue weighted by Gasteiger charge is -1.77. The molecule has 0 unspecified atom stereocenters. The van der Waals surface area contributed by atoms with E-state index in [1.165, 1.54) is 8.89 Å². The Bertz CT molecular complexity index is 397. The molecule has 0 spiro atoms. The van der Waals surface area contributed by atoms with Crippen LogP contribution < -0.4 is 0 Å². The van der Waals surface area contributed by atoms with Crippen LogP contribution in [0.1, 0.15) is 15.2 Å². The van der Waals surface area contributed by atoms with Gasteiger partial charge in [0.2, 0.25) is 0 Å². The molecule has 0 aromatic carbocycles. The second kappa shape index (κ2) is 2.43. The second-order valence-electron chi connectivity index (χ2n) is 2.37. The Kier molecular flexibility index (Phi) is 1.55. The molecule has 11 heavy (non-hydrogen) atoms. The Morgan fingerprint density at radius 1 is 1.55 bits per heavy atom. The first-order valence-corrected chi connectivity index (χ1v) is 4.93. The van der Waals surface area contributed by atoms with Crippen LogP contribution in [-0.2, 0) is 0 Å². The van der Waals surface area contributed by atoms with Crippen molar-refractivity contribution in [3.8, 4) is 0 Å². The van der Waals surface area contributed by atoms with Crippen LogP contribution in [0.2, 0.25) is 0 Å². The molecule has 0 atom stereocenters. The fourth-order valence-corrected chi connectivity index (χ4v) is 3.26. The van der Waals surface area contributed by atoms with Gasteiger partial charge in [-0.2, -0.15) is 0 Å². The summed E-state index contributed by atoms with van der Waals surface area (Å²) in [5.74, 6) is 0. The van der Waals surface area contributed by atoms with Crippen LogP contribution in [-0.4, -0.2) is 6.29 Å². The van der Waals surface area contributed by atoms with Crippen molar-refractivity contribution in [3.63, 3.8) is 0 Å². The minimum Gasteiger partial charge on any atom is -0.298 e. The summed E-state index contributed by atoms with van der Waals surface area (Å²) in [4.78, 5) is 11.8. The lowest BCUT2D eigenvalue weighted by molar-refractivity contribution is 0.112. The maximum Gasteiger partial charge on any atom is 0.151 e. The van der Waals surface area contributed by atoms with Gasteiger partial charge in [-0.1, -0.05) is 0 Å². The molecule has 0 aliphatic heterocycles. The number of carbonyl (C=O) groups is 1. The molecule has 0 aliphatic rings. The van der Waals surface area contributed by atoms with Gasteiger partial charge >= 0.3 is 0 Å². The molecule has 1 nitrogen and oxygen atoms in total.